The summed E-state index contributed by atoms with van der Waals surface area (Å²) in [7, 11) is 0. The summed E-state index contributed by atoms with van der Waals surface area (Å²) in [6, 6.07) is 29.0. The van der Waals surface area contributed by atoms with E-state index in [-0.39, 0.29) is 23.6 Å². The number of nitrogens with zero attached hydrogens (tertiary/aromatic N) is 1. The monoisotopic (exact) mass is 645 g/mol. The van der Waals surface area contributed by atoms with Crippen LogP contribution < -0.4 is 21.3 Å². The first kappa shape index (κ1) is 34.0. The second kappa shape index (κ2) is 17.6. The molecule has 8 bridgehead atoms. The van der Waals surface area contributed by atoms with Gasteiger partial charge in [-0.25, -0.2) is 4.98 Å². The highest BCUT2D eigenvalue weighted by Crippen LogP contribution is 2.12. The van der Waals surface area contributed by atoms with Gasteiger partial charge in [0.15, 0.2) is 0 Å². The van der Waals surface area contributed by atoms with Crippen LogP contribution in [0.25, 0.3) is 0 Å². The zero-order chi connectivity index (χ0) is 33.6. The van der Waals surface area contributed by atoms with Crippen LogP contribution in [0.5, 0.6) is 0 Å². The van der Waals surface area contributed by atoms with E-state index in [4.69, 9.17) is 0 Å². The molecule has 5 heterocycles. The van der Waals surface area contributed by atoms with E-state index in [1.54, 1.807) is 6.07 Å². The minimum absolute atomic E-state index is 0.0536. The Balaban J connectivity index is 0.000000188. The SMILES string of the molecule is O=C1CCCCc2cccc(c2)C(=O)NCc2ccc(cc2)CN1.O=C1CCCCc2cccc(n2)C(=O)NCc2ccc(cc2)CN1. The van der Waals surface area contributed by atoms with Crippen LogP contribution in [0, 0.1) is 0 Å². The first-order valence-electron chi connectivity index (χ1n) is 16.7. The molecule has 0 atom stereocenters. The molecule has 3 aromatic carbocycles. The molecule has 9 nitrogen and oxygen atoms in total. The number of carbonyl (C=O) groups excluding carboxylic acids is 4. The molecule has 4 N–H and O–H groups in total. The predicted octanol–water partition coefficient (Wildman–Crippen LogP) is 5.31. The van der Waals surface area contributed by atoms with Crippen molar-refractivity contribution in [3.05, 3.63) is 136 Å². The number of nitrogens with one attached hydrogen (secondary N) is 4. The van der Waals surface area contributed by atoms with Crippen molar-refractivity contribution < 1.29 is 19.2 Å². The van der Waals surface area contributed by atoms with Gasteiger partial charge in [0.25, 0.3) is 11.8 Å². The number of hydrogen-bond acceptors (Lipinski definition) is 5. The maximum Gasteiger partial charge on any atom is 0.270 e. The number of pyridine rings is 1. The highest BCUT2D eigenvalue weighted by atomic mass is 16.2. The number of aromatic nitrogens is 1. The van der Waals surface area contributed by atoms with Crippen LogP contribution in [-0.2, 0) is 48.6 Å². The fraction of sp³-hybridized carbons (Fsp3) is 0.308. The summed E-state index contributed by atoms with van der Waals surface area (Å²) in [6.45, 7) is 2.03. The quantitative estimate of drug-likeness (QED) is 0.206. The molecule has 0 spiro atoms. The summed E-state index contributed by atoms with van der Waals surface area (Å²) < 4.78 is 0. The summed E-state index contributed by atoms with van der Waals surface area (Å²) in [5, 5.41) is 11.8. The number of rotatable bonds is 0. The molecule has 4 aromatic rings. The Morgan fingerprint density at radius 1 is 0.438 bits per heavy atom. The Morgan fingerprint density at radius 3 is 1.50 bits per heavy atom. The maximum absolute atomic E-state index is 12.3. The molecule has 8 rings (SSSR count). The van der Waals surface area contributed by atoms with E-state index >= 15 is 0 Å². The fourth-order valence-electron chi connectivity index (χ4n) is 5.51. The zero-order valence-electron chi connectivity index (χ0n) is 27.2. The minimum atomic E-state index is -0.165. The van der Waals surface area contributed by atoms with Crippen LogP contribution in [0.2, 0.25) is 0 Å². The molecule has 0 radical (unpaired) electrons. The van der Waals surface area contributed by atoms with Crippen molar-refractivity contribution in [1.82, 2.24) is 26.3 Å². The maximum atomic E-state index is 12.3. The van der Waals surface area contributed by atoms with Crippen LogP contribution >= 0.6 is 0 Å². The Morgan fingerprint density at radius 2 is 0.917 bits per heavy atom. The van der Waals surface area contributed by atoms with E-state index in [1.807, 2.05) is 84.9 Å². The van der Waals surface area contributed by atoms with Crippen molar-refractivity contribution in [1.29, 1.82) is 0 Å². The molecule has 0 aliphatic carbocycles. The number of carbonyl (C=O) groups is 4. The van der Waals surface area contributed by atoms with Gasteiger partial charge in [-0.3, -0.25) is 19.2 Å². The molecule has 0 saturated carbocycles. The van der Waals surface area contributed by atoms with Gasteiger partial charge in [0, 0.05) is 50.3 Å². The average molecular weight is 646 g/mol. The lowest BCUT2D eigenvalue weighted by molar-refractivity contribution is -0.122. The number of benzene rings is 3. The lowest BCUT2D eigenvalue weighted by Crippen LogP contribution is -2.24. The number of fused-ring (bicyclic) bond motifs is 20. The first-order chi connectivity index (χ1) is 23.4. The van der Waals surface area contributed by atoms with Crippen molar-refractivity contribution in [3.63, 3.8) is 0 Å². The molecular formula is C39H43N5O4. The first-order valence-corrected chi connectivity index (χ1v) is 16.7. The Hall–Kier alpha value is -5.31. The van der Waals surface area contributed by atoms with Crippen molar-refractivity contribution in [2.45, 2.75) is 77.5 Å². The van der Waals surface area contributed by atoms with Crippen molar-refractivity contribution >= 4 is 23.6 Å². The van der Waals surface area contributed by atoms with Gasteiger partial charge < -0.3 is 21.3 Å². The normalized spacial score (nSPS) is 16.2. The third-order valence-electron chi connectivity index (χ3n) is 8.37. The smallest absolute Gasteiger partial charge is 0.270 e. The number of amides is 4. The summed E-state index contributed by atoms with van der Waals surface area (Å²) in [5.74, 6) is -0.0555. The van der Waals surface area contributed by atoms with Crippen LogP contribution in [0.3, 0.4) is 0 Å². The standard InChI is InChI=1S/C20H22N2O2.C19H21N3O2/c23-19-7-2-1-4-15-5-3-6-18(12-15)20(24)22-14-17-10-8-16(9-11-17)13-21-19;23-18-7-2-1-4-16-5-3-6-17(22-16)19(24)21-13-15-10-8-14(9-11-15)12-20-18/h3,5-6,8-12H,1-2,4,7,13-14H2,(H,21,23)(H,22,24);3,5-6,8-11H,1-2,4,7,12-13H2,(H,20,23)(H,21,24). The second-order valence-corrected chi connectivity index (χ2v) is 12.2. The van der Waals surface area contributed by atoms with Gasteiger partial charge in [-0.2, -0.15) is 0 Å². The highest BCUT2D eigenvalue weighted by molar-refractivity contribution is 5.94. The number of aryl methyl sites for hydroxylation is 2. The topological polar surface area (TPSA) is 129 Å². The second-order valence-electron chi connectivity index (χ2n) is 12.2. The number of hydrogen-bond donors (Lipinski definition) is 4. The van der Waals surface area contributed by atoms with E-state index in [9.17, 15) is 19.2 Å². The molecule has 248 valence electrons. The average Bonchev–Trinajstić information content (AvgIpc) is 3.12. The summed E-state index contributed by atoms with van der Waals surface area (Å²) >= 11 is 0. The van der Waals surface area contributed by atoms with Crippen LogP contribution in [-0.4, -0.2) is 28.6 Å². The Kier molecular flexibility index (Phi) is 12.5. The lowest BCUT2D eigenvalue weighted by Gasteiger charge is -2.08. The molecule has 0 saturated heterocycles. The predicted molar refractivity (Wildman–Crippen MR) is 185 cm³/mol. The van der Waals surface area contributed by atoms with E-state index < -0.39 is 0 Å². The van der Waals surface area contributed by atoms with E-state index in [0.717, 1.165) is 72.0 Å². The highest BCUT2D eigenvalue weighted by Gasteiger charge is 2.10. The molecule has 0 fully saturated rings. The van der Waals surface area contributed by atoms with Gasteiger partial charge in [0.1, 0.15) is 5.69 Å². The van der Waals surface area contributed by atoms with Crippen molar-refractivity contribution in [2.24, 2.45) is 0 Å². The fourth-order valence-corrected chi connectivity index (χ4v) is 5.51. The summed E-state index contributed by atoms with van der Waals surface area (Å²) in [6.07, 6.45) is 6.17. The molecular weight excluding hydrogens is 602 g/mol. The Bertz CT molecular complexity index is 1580. The molecule has 1 aromatic heterocycles. The van der Waals surface area contributed by atoms with Gasteiger partial charge in [-0.1, -0.05) is 66.7 Å². The largest absolute Gasteiger partial charge is 0.352 e. The minimum Gasteiger partial charge on any atom is -0.352 e. The van der Waals surface area contributed by atoms with Crippen LogP contribution in [0.4, 0.5) is 0 Å². The molecule has 0 unspecified atom stereocenters. The van der Waals surface area contributed by atoms with Gasteiger partial charge in [0.05, 0.1) is 0 Å². The Labute approximate surface area is 282 Å². The van der Waals surface area contributed by atoms with Crippen molar-refractivity contribution in [2.75, 3.05) is 0 Å². The molecule has 48 heavy (non-hydrogen) atoms. The van der Waals surface area contributed by atoms with Gasteiger partial charge in [-0.05, 0) is 90.6 Å². The molecule has 4 aliphatic heterocycles. The van der Waals surface area contributed by atoms with E-state index in [2.05, 4.69) is 26.3 Å². The summed E-state index contributed by atoms with van der Waals surface area (Å²) in [5.41, 5.74) is 7.31. The van der Waals surface area contributed by atoms with Crippen LogP contribution in [0.1, 0.15) is 92.9 Å². The van der Waals surface area contributed by atoms with Crippen molar-refractivity contribution in [3.8, 4) is 0 Å². The van der Waals surface area contributed by atoms with Gasteiger partial charge in [0.2, 0.25) is 11.8 Å². The van der Waals surface area contributed by atoms with Gasteiger partial charge >= 0.3 is 0 Å². The molecule has 9 heteroatoms. The third kappa shape index (κ3) is 10.9. The molecule has 4 amide bonds. The van der Waals surface area contributed by atoms with Gasteiger partial charge in [-0.15, -0.1) is 0 Å². The van der Waals surface area contributed by atoms with E-state index in [1.165, 1.54) is 0 Å². The molecule has 4 aliphatic rings. The zero-order valence-corrected chi connectivity index (χ0v) is 27.2. The lowest BCUT2D eigenvalue weighted by atomic mass is 10.0. The van der Waals surface area contributed by atoms with E-state index in [0.29, 0.717) is 50.3 Å². The third-order valence-corrected chi connectivity index (χ3v) is 8.37. The summed E-state index contributed by atoms with van der Waals surface area (Å²) in [4.78, 5) is 52.7. The van der Waals surface area contributed by atoms with Crippen LogP contribution in [0.15, 0.2) is 91.0 Å².